The predicted molar refractivity (Wildman–Crippen MR) is 76.4 cm³/mol. The molecule has 0 bridgehead atoms. The third kappa shape index (κ3) is 5.65. The summed E-state index contributed by atoms with van der Waals surface area (Å²) in [7, 11) is 0. The molecule has 0 spiro atoms. The van der Waals surface area contributed by atoms with Gasteiger partial charge in [-0.2, -0.15) is 5.26 Å². The lowest BCUT2D eigenvalue weighted by atomic mass is 9.89. The van der Waals surface area contributed by atoms with Crippen LogP contribution in [0.25, 0.3) is 0 Å². The number of rotatable bonds is 8. The summed E-state index contributed by atoms with van der Waals surface area (Å²) in [4.78, 5) is 0. The number of nitriles is 1. The van der Waals surface area contributed by atoms with Gasteiger partial charge in [-0.1, -0.05) is 12.1 Å². The Labute approximate surface area is 116 Å². The second-order valence-electron chi connectivity index (χ2n) is 5.18. The van der Waals surface area contributed by atoms with Gasteiger partial charge < -0.3 is 9.47 Å². The number of nitrogens with zero attached hydrogens (tertiary/aromatic N) is 1. The van der Waals surface area contributed by atoms with Gasteiger partial charge in [0.05, 0.1) is 24.7 Å². The van der Waals surface area contributed by atoms with E-state index in [0.29, 0.717) is 13.2 Å². The topological polar surface area (TPSA) is 42.2 Å². The van der Waals surface area contributed by atoms with Crippen LogP contribution in [0.1, 0.15) is 40.0 Å². The van der Waals surface area contributed by atoms with E-state index in [1.165, 1.54) is 0 Å². The van der Waals surface area contributed by atoms with Gasteiger partial charge in [-0.05, 0) is 52.2 Å². The average Bonchev–Trinajstić information content (AvgIpc) is 2.40. The Morgan fingerprint density at radius 1 is 1.11 bits per heavy atom. The molecule has 0 aliphatic heterocycles. The van der Waals surface area contributed by atoms with Crippen LogP contribution >= 0.6 is 0 Å². The molecule has 3 nitrogen and oxygen atoms in total. The van der Waals surface area contributed by atoms with E-state index in [1.807, 2.05) is 45.0 Å². The summed E-state index contributed by atoms with van der Waals surface area (Å²) >= 11 is 0. The normalized spacial score (nSPS) is 10.8. The lowest BCUT2D eigenvalue weighted by molar-refractivity contribution is 0.266. The summed E-state index contributed by atoms with van der Waals surface area (Å²) in [5, 5.41) is 8.93. The van der Waals surface area contributed by atoms with E-state index in [-0.39, 0.29) is 5.41 Å². The van der Waals surface area contributed by atoms with Crippen LogP contribution in [0.15, 0.2) is 24.3 Å². The van der Waals surface area contributed by atoms with E-state index in [1.54, 1.807) is 0 Å². The van der Waals surface area contributed by atoms with E-state index >= 15 is 0 Å². The van der Waals surface area contributed by atoms with Gasteiger partial charge in [-0.3, -0.25) is 0 Å². The quantitative estimate of drug-likeness (QED) is 0.659. The van der Waals surface area contributed by atoms with Crippen molar-refractivity contribution in [3.8, 4) is 17.6 Å². The Morgan fingerprint density at radius 3 is 2.32 bits per heavy atom. The molecule has 1 aromatic rings. The number of para-hydroxylation sites is 2. The highest BCUT2D eigenvalue weighted by Crippen LogP contribution is 2.27. The van der Waals surface area contributed by atoms with E-state index in [4.69, 9.17) is 14.7 Å². The van der Waals surface area contributed by atoms with Crippen LogP contribution in [0.5, 0.6) is 11.5 Å². The van der Waals surface area contributed by atoms with Crippen LogP contribution in [-0.2, 0) is 0 Å². The zero-order valence-corrected chi connectivity index (χ0v) is 12.1. The van der Waals surface area contributed by atoms with Crippen molar-refractivity contribution in [1.82, 2.24) is 0 Å². The molecular formula is C16H23NO2. The Morgan fingerprint density at radius 2 is 1.74 bits per heavy atom. The molecule has 0 heterocycles. The Bertz CT molecular complexity index is 421. The van der Waals surface area contributed by atoms with Gasteiger partial charge in [0, 0.05) is 0 Å². The van der Waals surface area contributed by atoms with Gasteiger partial charge >= 0.3 is 0 Å². The third-order valence-electron chi connectivity index (χ3n) is 2.91. The molecule has 0 radical (unpaired) electrons. The van der Waals surface area contributed by atoms with Crippen molar-refractivity contribution >= 4 is 0 Å². The number of hydrogen-bond donors (Lipinski definition) is 0. The van der Waals surface area contributed by atoms with E-state index in [0.717, 1.165) is 30.8 Å². The minimum atomic E-state index is -0.233. The largest absolute Gasteiger partial charge is 0.490 e. The number of ether oxygens (including phenoxy) is 2. The summed E-state index contributed by atoms with van der Waals surface area (Å²) in [5.41, 5.74) is -0.233. The molecule has 0 N–H and O–H groups in total. The first-order valence-electron chi connectivity index (χ1n) is 6.85. The maximum absolute atomic E-state index is 8.93. The number of unbranched alkanes of at least 4 members (excludes halogenated alkanes) is 1. The predicted octanol–water partition coefficient (Wildman–Crippen LogP) is 4.18. The second-order valence-corrected chi connectivity index (χ2v) is 5.18. The minimum Gasteiger partial charge on any atom is -0.490 e. The van der Waals surface area contributed by atoms with Crippen molar-refractivity contribution in [1.29, 1.82) is 5.26 Å². The molecule has 0 saturated carbocycles. The molecule has 0 atom stereocenters. The molecule has 0 aliphatic carbocycles. The Balaban J connectivity index is 2.32. The number of benzene rings is 1. The fraction of sp³-hybridized carbons (Fsp3) is 0.562. The zero-order valence-electron chi connectivity index (χ0n) is 12.1. The molecule has 1 rings (SSSR count). The highest BCUT2D eigenvalue weighted by molar-refractivity contribution is 5.39. The average molecular weight is 261 g/mol. The SMILES string of the molecule is CCOc1ccccc1OCCCCC(C)(C)C#N. The van der Waals surface area contributed by atoms with Crippen molar-refractivity contribution < 1.29 is 9.47 Å². The smallest absolute Gasteiger partial charge is 0.161 e. The summed E-state index contributed by atoms with van der Waals surface area (Å²) in [5.74, 6) is 1.59. The van der Waals surface area contributed by atoms with E-state index < -0.39 is 0 Å². The summed E-state index contributed by atoms with van der Waals surface area (Å²) < 4.78 is 11.2. The lowest BCUT2D eigenvalue weighted by Crippen LogP contribution is -2.08. The monoisotopic (exact) mass is 261 g/mol. The van der Waals surface area contributed by atoms with Crippen molar-refractivity contribution in [2.24, 2.45) is 5.41 Å². The van der Waals surface area contributed by atoms with Gasteiger partial charge in [0.2, 0.25) is 0 Å². The zero-order chi connectivity index (χ0) is 14.1. The molecule has 0 aromatic heterocycles. The number of hydrogen-bond acceptors (Lipinski definition) is 3. The van der Waals surface area contributed by atoms with Crippen LogP contribution in [0.2, 0.25) is 0 Å². The highest BCUT2D eigenvalue weighted by Gasteiger charge is 2.15. The summed E-state index contributed by atoms with van der Waals surface area (Å²) in [6, 6.07) is 10.0. The van der Waals surface area contributed by atoms with Crippen LogP contribution in [0, 0.1) is 16.7 Å². The van der Waals surface area contributed by atoms with Gasteiger partial charge in [0.1, 0.15) is 0 Å². The van der Waals surface area contributed by atoms with Gasteiger partial charge in [0.15, 0.2) is 11.5 Å². The van der Waals surface area contributed by atoms with Gasteiger partial charge in [-0.15, -0.1) is 0 Å². The highest BCUT2D eigenvalue weighted by atomic mass is 16.5. The van der Waals surface area contributed by atoms with Crippen molar-refractivity contribution in [2.75, 3.05) is 13.2 Å². The Hall–Kier alpha value is -1.69. The minimum absolute atomic E-state index is 0.233. The maximum atomic E-state index is 8.93. The molecule has 0 fully saturated rings. The van der Waals surface area contributed by atoms with Crippen LogP contribution < -0.4 is 9.47 Å². The standard InChI is InChI=1S/C16H23NO2/c1-4-18-14-9-5-6-10-15(14)19-12-8-7-11-16(2,3)13-17/h5-6,9-10H,4,7-8,11-12H2,1-3H3. The van der Waals surface area contributed by atoms with Crippen LogP contribution in [-0.4, -0.2) is 13.2 Å². The fourth-order valence-corrected chi connectivity index (χ4v) is 1.75. The first-order valence-corrected chi connectivity index (χ1v) is 6.85. The first-order chi connectivity index (χ1) is 9.09. The van der Waals surface area contributed by atoms with Crippen molar-refractivity contribution in [2.45, 2.75) is 40.0 Å². The lowest BCUT2D eigenvalue weighted by Gasteiger charge is -2.15. The van der Waals surface area contributed by atoms with Gasteiger partial charge in [0.25, 0.3) is 0 Å². The second kappa shape index (κ2) is 7.68. The van der Waals surface area contributed by atoms with Crippen molar-refractivity contribution in [3.63, 3.8) is 0 Å². The van der Waals surface area contributed by atoms with Gasteiger partial charge in [-0.25, -0.2) is 0 Å². The molecule has 104 valence electrons. The summed E-state index contributed by atoms with van der Waals surface area (Å²) in [6.45, 7) is 7.19. The molecule has 0 unspecified atom stereocenters. The molecular weight excluding hydrogens is 238 g/mol. The molecule has 1 aromatic carbocycles. The molecule has 0 aliphatic rings. The van der Waals surface area contributed by atoms with E-state index in [2.05, 4.69) is 6.07 Å². The van der Waals surface area contributed by atoms with Crippen molar-refractivity contribution in [3.05, 3.63) is 24.3 Å². The first kappa shape index (κ1) is 15.4. The van der Waals surface area contributed by atoms with Crippen LogP contribution in [0.3, 0.4) is 0 Å². The molecule has 3 heteroatoms. The molecule has 19 heavy (non-hydrogen) atoms. The molecule has 0 amide bonds. The Kier molecular flexibility index (Phi) is 6.21. The van der Waals surface area contributed by atoms with E-state index in [9.17, 15) is 0 Å². The third-order valence-corrected chi connectivity index (χ3v) is 2.91. The molecule has 0 saturated heterocycles. The van der Waals surface area contributed by atoms with Crippen LogP contribution in [0.4, 0.5) is 0 Å². The summed E-state index contributed by atoms with van der Waals surface area (Å²) in [6.07, 6.45) is 2.85. The fourth-order valence-electron chi connectivity index (χ4n) is 1.75. The maximum Gasteiger partial charge on any atom is 0.161 e.